The summed E-state index contributed by atoms with van der Waals surface area (Å²) in [5.74, 6) is -0.549. The van der Waals surface area contributed by atoms with Crippen LogP contribution in [0.2, 0.25) is 0 Å². The number of urea groups is 1. The van der Waals surface area contributed by atoms with Crippen molar-refractivity contribution in [1.29, 1.82) is 0 Å². The van der Waals surface area contributed by atoms with Crippen LogP contribution in [-0.4, -0.2) is 22.0 Å². The van der Waals surface area contributed by atoms with Gasteiger partial charge in [0.1, 0.15) is 0 Å². The van der Waals surface area contributed by atoms with E-state index >= 15 is 0 Å². The van der Waals surface area contributed by atoms with Gasteiger partial charge in [0.15, 0.2) is 0 Å². The fraction of sp³-hybridized carbons (Fsp3) is 0.200. The second-order valence-corrected chi connectivity index (χ2v) is 8.15. The number of rotatable bonds is 6. The van der Waals surface area contributed by atoms with Crippen molar-refractivity contribution < 1.29 is 19.6 Å². The van der Waals surface area contributed by atoms with E-state index in [1.54, 1.807) is 18.2 Å². The largest absolute Gasteiger partial charge is 0.481 e. The first-order chi connectivity index (χ1) is 15.9. The Morgan fingerprint density at radius 3 is 2.39 bits per heavy atom. The number of anilines is 2. The fourth-order valence-corrected chi connectivity index (χ4v) is 4.17. The first-order valence-corrected chi connectivity index (χ1v) is 10.6. The maximum Gasteiger partial charge on any atom is 0.323 e. The standard InChI is InChI=1S/C25H23N3O5/c29-24(30)13-16-4-5-20-14-19(7-6-18(20)12-16)17-8-10-21(11-9-17)26-25(31)27-22-2-1-3-23(15-22)28(32)33/h1-3,6-11,14-16H,4-5,12-13H2,(H,29,30)(H2,26,27,31). The summed E-state index contributed by atoms with van der Waals surface area (Å²) < 4.78 is 0. The molecule has 1 atom stereocenters. The molecule has 0 aliphatic heterocycles. The smallest absolute Gasteiger partial charge is 0.323 e. The van der Waals surface area contributed by atoms with Crippen LogP contribution in [0.5, 0.6) is 0 Å². The van der Waals surface area contributed by atoms with Gasteiger partial charge in [0, 0.05) is 29.9 Å². The molecule has 8 heteroatoms. The molecular formula is C25H23N3O5. The zero-order chi connectivity index (χ0) is 23.4. The Morgan fingerprint density at radius 2 is 1.67 bits per heavy atom. The fourth-order valence-electron chi connectivity index (χ4n) is 4.17. The summed E-state index contributed by atoms with van der Waals surface area (Å²) in [6, 6.07) is 19.0. The predicted octanol–water partition coefficient (Wildman–Crippen LogP) is 5.49. The first-order valence-electron chi connectivity index (χ1n) is 10.6. The van der Waals surface area contributed by atoms with Crippen molar-refractivity contribution in [3.8, 4) is 11.1 Å². The second kappa shape index (κ2) is 9.52. The molecule has 0 bridgehead atoms. The Balaban J connectivity index is 1.39. The van der Waals surface area contributed by atoms with Crippen LogP contribution in [0.15, 0.2) is 66.7 Å². The Kier molecular flexibility index (Phi) is 6.35. The van der Waals surface area contributed by atoms with Gasteiger partial charge in [-0.25, -0.2) is 4.79 Å². The van der Waals surface area contributed by atoms with Crippen LogP contribution < -0.4 is 10.6 Å². The van der Waals surface area contributed by atoms with E-state index in [9.17, 15) is 19.7 Å². The minimum atomic E-state index is -0.743. The molecule has 0 radical (unpaired) electrons. The van der Waals surface area contributed by atoms with Gasteiger partial charge < -0.3 is 15.7 Å². The maximum absolute atomic E-state index is 12.2. The Morgan fingerprint density at radius 1 is 0.939 bits per heavy atom. The number of aliphatic carboxylic acids is 1. The predicted molar refractivity (Wildman–Crippen MR) is 125 cm³/mol. The monoisotopic (exact) mass is 445 g/mol. The molecule has 3 aromatic rings. The van der Waals surface area contributed by atoms with E-state index < -0.39 is 16.9 Å². The summed E-state index contributed by atoms with van der Waals surface area (Å²) in [6.07, 6.45) is 2.76. The van der Waals surface area contributed by atoms with E-state index in [2.05, 4.69) is 22.8 Å². The van der Waals surface area contributed by atoms with Crippen molar-refractivity contribution in [2.75, 3.05) is 10.6 Å². The lowest BCUT2D eigenvalue weighted by molar-refractivity contribution is -0.384. The van der Waals surface area contributed by atoms with E-state index in [-0.39, 0.29) is 18.0 Å². The lowest BCUT2D eigenvalue weighted by Crippen LogP contribution is -2.19. The number of fused-ring (bicyclic) bond motifs is 1. The molecule has 33 heavy (non-hydrogen) atoms. The molecule has 1 unspecified atom stereocenters. The molecule has 168 valence electrons. The molecule has 0 fully saturated rings. The normalized spacial score (nSPS) is 14.7. The van der Waals surface area contributed by atoms with E-state index in [1.807, 2.05) is 18.2 Å². The number of carbonyl (C=O) groups excluding carboxylic acids is 1. The molecular weight excluding hydrogens is 422 g/mol. The molecule has 8 nitrogen and oxygen atoms in total. The van der Waals surface area contributed by atoms with Gasteiger partial charge in [0.25, 0.3) is 5.69 Å². The summed E-state index contributed by atoms with van der Waals surface area (Å²) in [5.41, 5.74) is 5.38. The van der Waals surface area contributed by atoms with E-state index in [0.717, 1.165) is 30.4 Å². The van der Waals surface area contributed by atoms with Gasteiger partial charge in [-0.3, -0.25) is 14.9 Å². The van der Waals surface area contributed by atoms with Gasteiger partial charge in [-0.1, -0.05) is 36.4 Å². The van der Waals surface area contributed by atoms with Crippen LogP contribution in [0.25, 0.3) is 11.1 Å². The van der Waals surface area contributed by atoms with Crippen LogP contribution in [0, 0.1) is 16.0 Å². The second-order valence-electron chi connectivity index (χ2n) is 8.15. The van der Waals surface area contributed by atoms with Crippen LogP contribution in [0.4, 0.5) is 21.9 Å². The van der Waals surface area contributed by atoms with E-state index in [0.29, 0.717) is 11.4 Å². The number of carboxylic acids is 1. The number of aryl methyl sites for hydroxylation is 1. The summed E-state index contributed by atoms with van der Waals surface area (Å²) in [5, 5.41) is 25.2. The highest BCUT2D eigenvalue weighted by Crippen LogP contribution is 2.31. The topological polar surface area (TPSA) is 122 Å². The molecule has 1 aliphatic carbocycles. The van der Waals surface area contributed by atoms with Crippen LogP contribution in [0.1, 0.15) is 24.0 Å². The summed E-state index contributed by atoms with van der Waals surface area (Å²) in [4.78, 5) is 33.6. The number of nitrogens with zero attached hydrogens (tertiary/aromatic N) is 1. The highest BCUT2D eigenvalue weighted by Gasteiger charge is 2.21. The number of nitro benzene ring substituents is 1. The first kappa shape index (κ1) is 22.0. The molecule has 0 aromatic heterocycles. The summed E-state index contributed by atoms with van der Waals surface area (Å²) >= 11 is 0. The zero-order valence-corrected chi connectivity index (χ0v) is 17.8. The quantitative estimate of drug-likeness (QED) is 0.342. The average molecular weight is 445 g/mol. The summed E-state index contributed by atoms with van der Waals surface area (Å²) in [7, 11) is 0. The lowest BCUT2D eigenvalue weighted by Gasteiger charge is -2.24. The number of non-ortho nitro benzene ring substituents is 1. The number of carboxylic acid groups (broad SMARTS) is 1. The van der Waals surface area contributed by atoms with Crippen molar-refractivity contribution in [2.45, 2.75) is 25.7 Å². The Hall–Kier alpha value is -4.20. The van der Waals surface area contributed by atoms with Crippen LogP contribution in [-0.2, 0) is 17.6 Å². The van der Waals surface area contributed by atoms with Crippen LogP contribution >= 0.6 is 0 Å². The highest BCUT2D eigenvalue weighted by atomic mass is 16.6. The van der Waals surface area contributed by atoms with Crippen molar-refractivity contribution in [3.05, 3.63) is 88.0 Å². The average Bonchev–Trinajstić information content (AvgIpc) is 2.79. The maximum atomic E-state index is 12.2. The third-order valence-electron chi connectivity index (χ3n) is 5.79. The van der Waals surface area contributed by atoms with Crippen molar-refractivity contribution >= 4 is 29.1 Å². The number of hydrogen-bond acceptors (Lipinski definition) is 4. The molecule has 0 spiro atoms. The third-order valence-corrected chi connectivity index (χ3v) is 5.79. The number of hydrogen-bond donors (Lipinski definition) is 3. The number of nitro groups is 1. The lowest BCUT2D eigenvalue weighted by atomic mass is 9.81. The molecule has 3 N–H and O–H groups in total. The van der Waals surface area contributed by atoms with Gasteiger partial charge in [0.05, 0.1) is 4.92 Å². The number of benzene rings is 3. The molecule has 4 rings (SSSR count). The highest BCUT2D eigenvalue weighted by molar-refractivity contribution is 6.00. The van der Waals surface area contributed by atoms with Gasteiger partial charge in [0.2, 0.25) is 0 Å². The van der Waals surface area contributed by atoms with E-state index in [1.165, 1.54) is 29.3 Å². The number of amides is 2. The number of nitrogens with one attached hydrogen (secondary N) is 2. The zero-order valence-electron chi connectivity index (χ0n) is 17.8. The molecule has 1 aliphatic rings. The Bertz CT molecular complexity index is 1210. The minimum Gasteiger partial charge on any atom is -0.481 e. The molecule has 0 heterocycles. The minimum absolute atomic E-state index is 0.0976. The van der Waals surface area contributed by atoms with Crippen molar-refractivity contribution in [3.63, 3.8) is 0 Å². The number of carbonyl (C=O) groups is 2. The van der Waals surface area contributed by atoms with Gasteiger partial charge in [-0.15, -0.1) is 0 Å². The molecule has 2 amide bonds. The molecule has 0 saturated heterocycles. The third kappa shape index (κ3) is 5.54. The summed E-state index contributed by atoms with van der Waals surface area (Å²) in [6.45, 7) is 0. The molecule has 3 aromatic carbocycles. The van der Waals surface area contributed by atoms with Gasteiger partial charge in [-0.05, 0) is 65.6 Å². The molecule has 0 saturated carbocycles. The Labute approximate surface area is 190 Å². The van der Waals surface area contributed by atoms with Crippen molar-refractivity contribution in [1.82, 2.24) is 0 Å². The van der Waals surface area contributed by atoms with Gasteiger partial charge in [-0.2, -0.15) is 0 Å². The van der Waals surface area contributed by atoms with Gasteiger partial charge >= 0.3 is 12.0 Å². The van der Waals surface area contributed by atoms with Crippen LogP contribution in [0.3, 0.4) is 0 Å². The van der Waals surface area contributed by atoms with E-state index in [4.69, 9.17) is 5.11 Å². The van der Waals surface area contributed by atoms with Crippen molar-refractivity contribution in [2.24, 2.45) is 5.92 Å². The SMILES string of the molecule is O=C(O)CC1CCc2cc(-c3ccc(NC(=O)Nc4cccc([N+](=O)[O-])c4)cc3)ccc2C1.